The molecule has 0 radical (unpaired) electrons. The van der Waals surface area contributed by atoms with Gasteiger partial charge in [0.05, 0.1) is 0 Å². The number of benzene rings is 1. The highest BCUT2D eigenvalue weighted by molar-refractivity contribution is 5.98. The van der Waals surface area contributed by atoms with Gasteiger partial charge in [0.1, 0.15) is 5.92 Å². The van der Waals surface area contributed by atoms with Crippen molar-refractivity contribution in [1.82, 2.24) is 4.90 Å². The Balaban J connectivity index is 1.89. The number of para-hydroxylation sites is 1. The summed E-state index contributed by atoms with van der Waals surface area (Å²) in [5.41, 5.74) is 1.49. The summed E-state index contributed by atoms with van der Waals surface area (Å²) in [5.74, 6) is -1.49. The monoisotopic (exact) mass is 288 g/mol. The Bertz CT molecular complexity index is 568. The minimum Gasteiger partial charge on any atom is -0.481 e. The molecule has 1 N–H and O–H groups in total. The van der Waals surface area contributed by atoms with Crippen LogP contribution in [0.3, 0.4) is 0 Å². The fourth-order valence-electron chi connectivity index (χ4n) is 3.02. The first-order valence-electron chi connectivity index (χ1n) is 7.53. The highest BCUT2D eigenvalue weighted by atomic mass is 16.4. The van der Waals surface area contributed by atoms with Crippen molar-refractivity contribution in [2.45, 2.75) is 38.1 Å². The molecular formula is C16H20N2O3. The van der Waals surface area contributed by atoms with Gasteiger partial charge in [-0.25, -0.2) is 4.79 Å². The number of amides is 2. The van der Waals surface area contributed by atoms with E-state index in [0.29, 0.717) is 6.04 Å². The van der Waals surface area contributed by atoms with Gasteiger partial charge >= 0.3 is 12.0 Å². The average molecular weight is 288 g/mol. The van der Waals surface area contributed by atoms with Crippen molar-refractivity contribution in [2.75, 3.05) is 18.0 Å². The molecule has 1 aromatic rings. The summed E-state index contributed by atoms with van der Waals surface area (Å²) in [5, 5.41) is 9.37. The zero-order valence-electron chi connectivity index (χ0n) is 12.2. The van der Waals surface area contributed by atoms with Gasteiger partial charge in [0, 0.05) is 24.8 Å². The van der Waals surface area contributed by atoms with Gasteiger partial charge in [-0.2, -0.15) is 0 Å². The maximum absolute atomic E-state index is 12.8. The van der Waals surface area contributed by atoms with E-state index in [9.17, 15) is 14.7 Å². The van der Waals surface area contributed by atoms with E-state index in [1.165, 1.54) is 0 Å². The SMILES string of the molecule is CCCN(C(=O)N1CC(C(=O)O)c2ccccc21)C1CC1. The number of rotatable bonds is 4. The number of hydrogen-bond acceptors (Lipinski definition) is 2. The summed E-state index contributed by atoms with van der Waals surface area (Å²) in [6, 6.07) is 7.62. The summed E-state index contributed by atoms with van der Waals surface area (Å²) in [6.07, 6.45) is 3.03. The van der Waals surface area contributed by atoms with Crippen LogP contribution in [0.5, 0.6) is 0 Å². The summed E-state index contributed by atoms with van der Waals surface area (Å²) in [6.45, 7) is 3.03. The van der Waals surface area contributed by atoms with Crippen molar-refractivity contribution in [2.24, 2.45) is 0 Å². The Morgan fingerprint density at radius 2 is 2.05 bits per heavy atom. The molecule has 21 heavy (non-hydrogen) atoms. The van der Waals surface area contributed by atoms with Crippen LogP contribution in [0.1, 0.15) is 37.7 Å². The number of carbonyl (C=O) groups is 2. The smallest absolute Gasteiger partial charge is 0.324 e. The Kier molecular flexibility index (Phi) is 3.57. The van der Waals surface area contributed by atoms with Gasteiger partial charge < -0.3 is 10.0 Å². The maximum Gasteiger partial charge on any atom is 0.324 e. The number of fused-ring (bicyclic) bond motifs is 1. The van der Waals surface area contributed by atoms with Crippen LogP contribution in [-0.4, -0.2) is 41.1 Å². The normalized spacial score (nSPS) is 20.2. The number of urea groups is 1. The van der Waals surface area contributed by atoms with Crippen molar-refractivity contribution < 1.29 is 14.7 Å². The Morgan fingerprint density at radius 1 is 1.33 bits per heavy atom. The number of carboxylic acids is 1. The van der Waals surface area contributed by atoms with Crippen LogP contribution in [0.2, 0.25) is 0 Å². The molecule has 1 heterocycles. The molecule has 2 amide bonds. The number of carbonyl (C=O) groups excluding carboxylic acids is 1. The van der Waals surface area contributed by atoms with E-state index in [2.05, 4.69) is 6.92 Å². The van der Waals surface area contributed by atoms with Crippen LogP contribution < -0.4 is 4.90 Å². The molecule has 1 aromatic carbocycles. The predicted molar refractivity (Wildman–Crippen MR) is 79.6 cm³/mol. The molecule has 0 spiro atoms. The average Bonchev–Trinajstić information content (AvgIpc) is 3.23. The summed E-state index contributed by atoms with van der Waals surface area (Å²) in [7, 11) is 0. The third kappa shape index (κ3) is 2.48. The first-order valence-corrected chi connectivity index (χ1v) is 7.53. The molecule has 1 aliphatic heterocycles. The fourth-order valence-corrected chi connectivity index (χ4v) is 3.02. The highest BCUT2D eigenvalue weighted by Crippen LogP contribution is 2.38. The molecule has 0 aromatic heterocycles. The standard InChI is InChI=1S/C16H20N2O3/c1-2-9-17(11-7-8-11)16(21)18-10-13(15(19)20)12-5-3-4-6-14(12)18/h3-6,11,13H,2,7-10H2,1H3,(H,19,20). The zero-order valence-corrected chi connectivity index (χ0v) is 12.2. The van der Waals surface area contributed by atoms with Gasteiger partial charge in [-0.05, 0) is 30.9 Å². The molecule has 5 nitrogen and oxygen atoms in total. The topological polar surface area (TPSA) is 60.9 Å². The van der Waals surface area contributed by atoms with Crippen molar-refractivity contribution in [3.63, 3.8) is 0 Å². The Hall–Kier alpha value is -2.04. The predicted octanol–water partition coefficient (Wildman–Crippen LogP) is 2.67. The van der Waals surface area contributed by atoms with Crippen molar-refractivity contribution in [1.29, 1.82) is 0 Å². The lowest BCUT2D eigenvalue weighted by molar-refractivity contribution is -0.138. The first-order chi connectivity index (χ1) is 10.1. The number of hydrogen-bond donors (Lipinski definition) is 1. The lowest BCUT2D eigenvalue weighted by Gasteiger charge is -2.28. The summed E-state index contributed by atoms with van der Waals surface area (Å²) < 4.78 is 0. The van der Waals surface area contributed by atoms with E-state index in [1.807, 2.05) is 29.2 Å². The van der Waals surface area contributed by atoms with Crippen molar-refractivity contribution >= 4 is 17.7 Å². The van der Waals surface area contributed by atoms with Gasteiger partial charge in [0.2, 0.25) is 0 Å². The van der Waals surface area contributed by atoms with Crippen LogP contribution >= 0.6 is 0 Å². The van der Waals surface area contributed by atoms with E-state index in [-0.39, 0.29) is 12.6 Å². The molecule has 112 valence electrons. The minimum absolute atomic E-state index is 0.0458. The number of aliphatic carboxylic acids is 1. The second kappa shape index (κ2) is 5.39. The molecule has 0 saturated heterocycles. The van der Waals surface area contributed by atoms with E-state index < -0.39 is 11.9 Å². The molecule has 1 atom stereocenters. The maximum atomic E-state index is 12.8. The van der Waals surface area contributed by atoms with Gasteiger partial charge in [-0.15, -0.1) is 0 Å². The second-order valence-electron chi connectivity index (χ2n) is 5.77. The quantitative estimate of drug-likeness (QED) is 0.926. The molecule has 1 fully saturated rings. The van der Waals surface area contributed by atoms with Crippen LogP contribution in [-0.2, 0) is 4.79 Å². The second-order valence-corrected chi connectivity index (χ2v) is 5.77. The van der Waals surface area contributed by atoms with Crippen LogP contribution in [0.25, 0.3) is 0 Å². The van der Waals surface area contributed by atoms with E-state index in [1.54, 1.807) is 4.90 Å². The van der Waals surface area contributed by atoms with E-state index in [4.69, 9.17) is 0 Å². The number of nitrogens with zero attached hydrogens (tertiary/aromatic N) is 2. The molecule has 2 aliphatic rings. The Morgan fingerprint density at radius 3 is 2.67 bits per heavy atom. The van der Waals surface area contributed by atoms with Crippen molar-refractivity contribution in [3.05, 3.63) is 29.8 Å². The highest BCUT2D eigenvalue weighted by Gasteiger charge is 2.41. The van der Waals surface area contributed by atoms with Crippen LogP contribution in [0.4, 0.5) is 10.5 Å². The molecule has 1 saturated carbocycles. The Labute approximate surface area is 124 Å². The number of anilines is 1. The minimum atomic E-state index is -0.869. The first kappa shape index (κ1) is 13.9. The van der Waals surface area contributed by atoms with E-state index in [0.717, 1.165) is 37.1 Å². The summed E-state index contributed by atoms with van der Waals surface area (Å²) >= 11 is 0. The molecule has 1 unspecified atom stereocenters. The lowest BCUT2D eigenvalue weighted by Crippen LogP contribution is -2.44. The van der Waals surface area contributed by atoms with Gasteiger partial charge in [-0.3, -0.25) is 9.69 Å². The molecular weight excluding hydrogens is 268 g/mol. The van der Waals surface area contributed by atoms with Crippen molar-refractivity contribution in [3.8, 4) is 0 Å². The molecule has 3 rings (SSSR count). The third-order valence-corrected chi connectivity index (χ3v) is 4.19. The lowest BCUT2D eigenvalue weighted by atomic mass is 10.0. The molecule has 0 bridgehead atoms. The third-order valence-electron chi connectivity index (χ3n) is 4.19. The van der Waals surface area contributed by atoms with Gasteiger partial charge in [-0.1, -0.05) is 25.1 Å². The van der Waals surface area contributed by atoms with E-state index >= 15 is 0 Å². The van der Waals surface area contributed by atoms with Gasteiger partial charge in [0.25, 0.3) is 0 Å². The molecule has 5 heteroatoms. The van der Waals surface area contributed by atoms with Crippen LogP contribution in [0.15, 0.2) is 24.3 Å². The number of carboxylic acid groups (broad SMARTS) is 1. The molecule has 1 aliphatic carbocycles. The fraction of sp³-hybridized carbons (Fsp3) is 0.500. The van der Waals surface area contributed by atoms with Crippen LogP contribution in [0, 0.1) is 0 Å². The zero-order chi connectivity index (χ0) is 15.0. The van der Waals surface area contributed by atoms with Gasteiger partial charge in [0.15, 0.2) is 0 Å². The largest absolute Gasteiger partial charge is 0.481 e. The summed E-state index contributed by atoms with van der Waals surface area (Å²) in [4.78, 5) is 27.8.